The number of aromatic nitrogens is 4. The van der Waals surface area contributed by atoms with Crippen LogP contribution >= 0.6 is 22.9 Å². The number of thiophene rings is 1. The number of hydrogen-bond donors (Lipinski definition) is 1. The lowest BCUT2D eigenvalue weighted by Gasteiger charge is -2.38. The number of fused-ring (bicyclic) bond motifs is 2. The van der Waals surface area contributed by atoms with Crippen LogP contribution in [0.25, 0.3) is 21.3 Å². The van der Waals surface area contributed by atoms with Gasteiger partial charge in [0.1, 0.15) is 6.04 Å². The summed E-state index contributed by atoms with van der Waals surface area (Å²) < 4.78 is 42.5. The van der Waals surface area contributed by atoms with Crippen molar-refractivity contribution in [1.82, 2.24) is 24.2 Å². The lowest BCUT2D eigenvalue weighted by molar-refractivity contribution is -0.138. The number of aliphatic hydroxyl groups is 1. The van der Waals surface area contributed by atoms with E-state index in [0.717, 1.165) is 40.2 Å². The predicted molar refractivity (Wildman–Crippen MR) is 153 cm³/mol. The molecule has 1 saturated heterocycles. The Labute approximate surface area is 248 Å². The molecule has 221 valence electrons. The van der Waals surface area contributed by atoms with Crippen molar-refractivity contribution >= 4 is 39.7 Å². The molecule has 0 spiro atoms. The van der Waals surface area contributed by atoms with Gasteiger partial charge in [-0.2, -0.15) is 4.39 Å². The molecule has 1 aliphatic heterocycles. The number of nitrogens with zero attached hydrogens (tertiary/aromatic N) is 5. The molecule has 8 nitrogen and oxygen atoms in total. The Morgan fingerprint density at radius 3 is 2.60 bits per heavy atom. The molecule has 1 atom stereocenters. The second-order valence-corrected chi connectivity index (χ2v) is 12.5. The van der Waals surface area contributed by atoms with Gasteiger partial charge < -0.3 is 10.0 Å². The summed E-state index contributed by atoms with van der Waals surface area (Å²) in [5, 5.41) is 17.5. The van der Waals surface area contributed by atoms with Crippen LogP contribution in [0.2, 0.25) is 5.02 Å². The van der Waals surface area contributed by atoms with Gasteiger partial charge in [0.05, 0.1) is 40.7 Å². The third kappa shape index (κ3) is 5.47. The van der Waals surface area contributed by atoms with Gasteiger partial charge in [0.15, 0.2) is 0 Å². The van der Waals surface area contributed by atoms with Crippen molar-refractivity contribution in [2.24, 2.45) is 0 Å². The van der Waals surface area contributed by atoms with Gasteiger partial charge >= 0.3 is 0 Å². The Hall–Kier alpha value is -3.22. The quantitative estimate of drug-likeness (QED) is 0.313. The van der Waals surface area contributed by atoms with E-state index < -0.39 is 36.3 Å². The molecule has 1 radical (unpaired) electrons. The summed E-state index contributed by atoms with van der Waals surface area (Å²) in [5.74, 6) is -0.0622. The highest BCUT2D eigenvalue weighted by atomic mass is 35.5. The largest absolute Gasteiger partial charge is 0.388 e. The molecule has 13 heteroatoms. The van der Waals surface area contributed by atoms with Crippen LogP contribution in [-0.4, -0.2) is 60.4 Å². The highest BCUT2D eigenvalue weighted by molar-refractivity contribution is 7.15. The van der Waals surface area contributed by atoms with Crippen molar-refractivity contribution in [1.29, 1.82) is 0 Å². The van der Waals surface area contributed by atoms with Crippen LogP contribution in [-0.2, 0) is 24.2 Å². The standard InChI is InChI=1S/C29H28ClF3N5O3S/c1-16-8-17-10-19(21(30)11-18(17)9-16)26-25-20(13-42-26)28(40)37(15-34-25)14-29(41)3-6-36(7-4-29)24(39)12-22(27(32)33)38-5-2-23(31)35-38/h2,5,10-11,13,15,22,27,41H,3-4,6-9,12,14H2,1H3. The highest BCUT2D eigenvalue weighted by Gasteiger charge is 2.36. The Balaban J connectivity index is 1.15. The minimum atomic E-state index is -2.91. The second kappa shape index (κ2) is 11.1. The number of likely N-dealkylation sites (tertiary alicyclic amines) is 1. The van der Waals surface area contributed by atoms with Crippen LogP contribution in [0, 0.1) is 11.9 Å². The lowest BCUT2D eigenvalue weighted by Crippen LogP contribution is -2.50. The minimum absolute atomic E-state index is 0.0249. The Morgan fingerprint density at radius 1 is 1.21 bits per heavy atom. The van der Waals surface area contributed by atoms with E-state index in [9.17, 15) is 27.9 Å². The SMILES string of the molecule is C[C]1Cc2cc(Cl)c(-c3scc4c(=O)n(CC5(O)CCN(C(=O)CC(C(F)F)n6ccc(F)n6)CC5)cnc34)cc2C1. The van der Waals surface area contributed by atoms with E-state index in [0.29, 0.717) is 15.9 Å². The first-order chi connectivity index (χ1) is 20.0. The van der Waals surface area contributed by atoms with E-state index in [1.54, 1.807) is 5.38 Å². The lowest BCUT2D eigenvalue weighted by atomic mass is 9.91. The smallest absolute Gasteiger partial charge is 0.262 e. The van der Waals surface area contributed by atoms with Crippen LogP contribution in [0.3, 0.4) is 0 Å². The number of halogens is 4. The van der Waals surface area contributed by atoms with E-state index in [-0.39, 0.29) is 38.0 Å². The van der Waals surface area contributed by atoms with Gasteiger partial charge in [-0.3, -0.25) is 18.8 Å². The monoisotopic (exact) mass is 618 g/mol. The molecule has 42 heavy (non-hydrogen) atoms. The first kappa shape index (κ1) is 28.9. The van der Waals surface area contributed by atoms with E-state index in [2.05, 4.69) is 23.1 Å². The molecule has 2 aliphatic rings. The molecule has 0 saturated carbocycles. The van der Waals surface area contributed by atoms with Gasteiger partial charge in [0, 0.05) is 41.3 Å². The predicted octanol–water partition coefficient (Wildman–Crippen LogP) is 5.06. The van der Waals surface area contributed by atoms with E-state index >= 15 is 0 Å². The molecule has 1 N–H and O–H groups in total. The van der Waals surface area contributed by atoms with Crippen LogP contribution in [0.4, 0.5) is 13.2 Å². The molecular formula is C29H28ClF3N5O3S. The van der Waals surface area contributed by atoms with E-state index in [1.165, 1.54) is 44.2 Å². The van der Waals surface area contributed by atoms with Crippen molar-refractivity contribution in [2.75, 3.05) is 13.1 Å². The Morgan fingerprint density at radius 2 is 1.93 bits per heavy atom. The summed E-state index contributed by atoms with van der Waals surface area (Å²) in [7, 11) is 0. The number of carbonyl (C=O) groups excluding carboxylic acids is 1. The highest BCUT2D eigenvalue weighted by Crippen LogP contribution is 2.41. The van der Waals surface area contributed by atoms with Crippen LogP contribution in [0.5, 0.6) is 0 Å². The molecule has 3 aromatic heterocycles. The average Bonchev–Trinajstić information content (AvgIpc) is 3.66. The maximum Gasteiger partial charge on any atom is 0.262 e. The number of rotatable bonds is 7. The van der Waals surface area contributed by atoms with Crippen molar-refractivity contribution < 1.29 is 23.1 Å². The molecule has 1 fully saturated rings. The zero-order valence-electron chi connectivity index (χ0n) is 22.7. The fourth-order valence-corrected chi connectivity index (χ4v) is 7.25. The van der Waals surface area contributed by atoms with Crippen molar-refractivity contribution in [2.45, 2.75) is 63.6 Å². The van der Waals surface area contributed by atoms with Crippen LogP contribution in [0.15, 0.2) is 40.9 Å². The third-order valence-corrected chi connectivity index (χ3v) is 9.52. The maximum atomic E-state index is 13.6. The van der Waals surface area contributed by atoms with Gasteiger partial charge in [-0.25, -0.2) is 13.8 Å². The molecule has 1 amide bonds. The third-order valence-electron chi connectivity index (χ3n) is 8.20. The normalized spacial score (nSPS) is 17.7. The fraction of sp³-hybridized carbons (Fsp3) is 0.414. The summed E-state index contributed by atoms with van der Waals surface area (Å²) in [5.41, 5.74) is 2.27. The average molecular weight is 619 g/mol. The van der Waals surface area contributed by atoms with Gasteiger partial charge in [-0.1, -0.05) is 18.5 Å². The number of amides is 1. The number of piperidine rings is 1. The molecule has 1 aliphatic carbocycles. The van der Waals surface area contributed by atoms with Gasteiger partial charge in [-0.15, -0.1) is 16.4 Å². The Bertz CT molecular complexity index is 1710. The number of carbonyl (C=O) groups is 1. The van der Waals surface area contributed by atoms with Gasteiger partial charge in [-0.05, 0) is 54.9 Å². The summed E-state index contributed by atoms with van der Waals surface area (Å²) >= 11 is 8.04. The van der Waals surface area contributed by atoms with E-state index in [4.69, 9.17) is 11.6 Å². The van der Waals surface area contributed by atoms with Crippen LogP contribution in [0.1, 0.15) is 43.4 Å². The zero-order chi connectivity index (χ0) is 29.8. The molecule has 1 unspecified atom stereocenters. The van der Waals surface area contributed by atoms with Crippen molar-refractivity contribution in [3.05, 3.63) is 74.5 Å². The number of hydrogen-bond acceptors (Lipinski definition) is 6. The Kier molecular flexibility index (Phi) is 7.65. The van der Waals surface area contributed by atoms with E-state index in [1.807, 2.05) is 6.07 Å². The summed E-state index contributed by atoms with van der Waals surface area (Å²) in [6.45, 7) is 2.35. The first-order valence-corrected chi connectivity index (χ1v) is 14.9. The maximum absolute atomic E-state index is 13.6. The van der Waals surface area contributed by atoms with Gasteiger partial charge in [0.2, 0.25) is 11.9 Å². The molecular weight excluding hydrogens is 591 g/mol. The topological polar surface area (TPSA) is 93.2 Å². The minimum Gasteiger partial charge on any atom is -0.388 e. The molecule has 0 bridgehead atoms. The first-order valence-electron chi connectivity index (χ1n) is 13.6. The fourth-order valence-electron chi connectivity index (χ4n) is 5.90. The summed E-state index contributed by atoms with van der Waals surface area (Å²) in [6, 6.07) is 3.44. The molecule has 6 rings (SSSR count). The number of benzene rings is 1. The second-order valence-electron chi connectivity index (χ2n) is 11.2. The van der Waals surface area contributed by atoms with Crippen LogP contribution < -0.4 is 5.56 Å². The van der Waals surface area contributed by atoms with Crippen molar-refractivity contribution in [3.8, 4) is 10.4 Å². The molecule has 1 aromatic carbocycles. The summed E-state index contributed by atoms with van der Waals surface area (Å²) in [4.78, 5) is 33.0. The zero-order valence-corrected chi connectivity index (χ0v) is 24.3. The van der Waals surface area contributed by atoms with Gasteiger partial charge in [0.25, 0.3) is 12.0 Å². The molecule has 4 aromatic rings. The summed E-state index contributed by atoms with van der Waals surface area (Å²) in [6.07, 6.45) is 1.15. The van der Waals surface area contributed by atoms with Crippen molar-refractivity contribution in [3.63, 3.8) is 0 Å². The number of alkyl halides is 2. The molecule has 4 heterocycles.